The van der Waals surface area contributed by atoms with Gasteiger partial charge in [0.1, 0.15) is 5.75 Å². The number of carbonyl (C=O) groups excluding carboxylic acids is 2. The van der Waals surface area contributed by atoms with Crippen molar-refractivity contribution in [2.75, 3.05) is 18.6 Å². The minimum Gasteiger partial charge on any atom is -0.495 e. The lowest BCUT2D eigenvalue weighted by Crippen LogP contribution is -2.35. The standard InChI is InChI=1S/C16H18N2O3/c1-21-14-9-8-12(5-4-10-17)11-13(14)18-15(19)6-2-3-7-16(18)20/h8-9,11H,2-3,6-7,10,17H2,1H3. The molecule has 1 aliphatic heterocycles. The van der Waals surface area contributed by atoms with Crippen molar-refractivity contribution >= 4 is 17.5 Å². The third kappa shape index (κ3) is 3.41. The molecule has 0 bridgehead atoms. The second-order valence-electron chi connectivity index (χ2n) is 4.72. The third-order valence-corrected chi connectivity index (χ3v) is 3.28. The van der Waals surface area contributed by atoms with Crippen LogP contribution in [0.15, 0.2) is 18.2 Å². The van der Waals surface area contributed by atoms with Gasteiger partial charge in [0, 0.05) is 18.4 Å². The largest absolute Gasteiger partial charge is 0.495 e. The zero-order valence-corrected chi connectivity index (χ0v) is 12.0. The molecule has 2 N–H and O–H groups in total. The summed E-state index contributed by atoms with van der Waals surface area (Å²) in [5.74, 6) is 5.75. The van der Waals surface area contributed by atoms with E-state index in [-0.39, 0.29) is 18.4 Å². The van der Waals surface area contributed by atoms with Gasteiger partial charge < -0.3 is 10.5 Å². The van der Waals surface area contributed by atoms with Crippen molar-refractivity contribution in [1.29, 1.82) is 0 Å². The first-order valence-corrected chi connectivity index (χ1v) is 6.90. The first-order valence-electron chi connectivity index (χ1n) is 6.90. The van der Waals surface area contributed by atoms with Crippen LogP contribution in [0.3, 0.4) is 0 Å². The van der Waals surface area contributed by atoms with Crippen molar-refractivity contribution in [3.63, 3.8) is 0 Å². The predicted octanol–water partition coefficient (Wildman–Crippen LogP) is 1.44. The number of carbonyl (C=O) groups is 2. The Labute approximate surface area is 124 Å². The van der Waals surface area contributed by atoms with Crippen molar-refractivity contribution in [2.45, 2.75) is 25.7 Å². The smallest absolute Gasteiger partial charge is 0.233 e. The van der Waals surface area contributed by atoms with Gasteiger partial charge >= 0.3 is 0 Å². The predicted molar refractivity (Wildman–Crippen MR) is 79.9 cm³/mol. The number of hydrogen-bond donors (Lipinski definition) is 1. The minimum atomic E-state index is -0.195. The molecule has 1 heterocycles. The van der Waals surface area contributed by atoms with Crippen LogP contribution in [0.1, 0.15) is 31.2 Å². The van der Waals surface area contributed by atoms with E-state index in [0.717, 1.165) is 12.8 Å². The lowest BCUT2D eigenvalue weighted by Gasteiger charge is -2.21. The highest BCUT2D eigenvalue weighted by atomic mass is 16.5. The van der Waals surface area contributed by atoms with Crippen LogP contribution in [-0.4, -0.2) is 25.5 Å². The minimum absolute atomic E-state index is 0.195. The fraction of sp³-hybridized carbons (Fsp3) is 0.375. The van der Waals surface area contributed by atoms with Crippen LogP contribution in [0.5, 0.6) is 5.75 Å². The van der Waals surface area contributed by atoms with Crippen molar-refractivity contribution in [3.8, 4) is 17.6 Å². The first kappa shape index (κ1) is 15.1. The molecule has 1 aliphatic rings. The molecule has 0 atom stereocenters. The van der Waals surface area contributed by atoms with Crippen LogP contribution >= 0.6 is 0 Å². The molecule has 0 aliphatic carbocycles. The summed E-state index contributed by atoms with van der Waals surface area (Å²) < 4.78 is 5.28. The Bertz CT molecular complexity index is 596. The Morgan fingerprint density at radius 2 is 1.90 bits per heavy atom. The molecule has 2 amide bonds. The third-order valence-electron chi connectivity index (χ3n) is 3.28. The molecule has 1 saturated heterocycles. The molecule has 1 aromatic carbocycles. The summed E-state index contributed by atoms with van der Waals surface area (Å²) in [4.78, 5) is 25.6. The highest BCUT2D eigenvalue weighted by Gasteiger charge is 2.28. The van der Waals surface area contributed by atoms with Crippen LogP contribution in [0.4, 0.5) is 5.69 Å². The highest BCUT2D eigenvalue weighted by Crippen LogP contribution is 2.32. The number of hydrogen-bond acceptors (Lipinski definition) is 4. The highest BCUT2D eigenvalue weighted by molar-refractivity contribution is 6.16. The molecule has 0 saturated carbocycles. The Kier molecular flexibility index (Phi) is 4.96. The number of nitrogens with zero attached hydrogens (tertiary/aromatic N) is 1. The number of methoxy groups -OCH3 is 1. The number of benzene rings is 1. The fourth-order valence-electron chi connectivity index (χ4n) is 2.28. The zero-order chi connectivity index (χ0) is 15.2. The van der Waals surface area contributed by atoms with E-state index in [0.29, 0.717) is 29.8 Å². The van der Waals surface area contributed by atoms with Gasteiger partial charge in [0.25, 0.3) is 0 Å². The SMILES string of the molecule is COc1ccc(C#CCN)cc1N1C(=O)CCCCC1=O. The molecule has 0 radical (unpaired) electrons. The van der Waals surface area contributed by atoms with Crippen molar-refractivity contribution < 1.29 is 14.3 Å². The van der Waals surface area contributed by atoms with Crippen LogP contribution in [-0.2, 0) is 9.59 Å². The average Bonchev–Trinajstić information content (AvgIpc) is 2.65. The quantitative estimate of drug-likeness (QED) is 0.659. The van der Waals surface area contributed by atoms with E-state index in [4.69, 9.17) is 10.5 Å². The molecule has 0 aromatic heterocycles. The number of ether oxygens (including phenoxy) is 1. The van der Waals surface area contributed by atoms with E-state index in [2.05, 4.69) is 11.8 Å². The molecule has 1 fully saturated rings. The summed E-state index contributed by atoms with van der Waals surface area (Å²) in [5.41, 5.74) is 6.51. The molecule has 1 aromatic rings. The molecule has 0 unspecified atom stereocenters. The molecule has 0 spiro atoms. The van der Waals surface area contributed by atoms with Crippen molar-refractivity contribution in [1.82, 2.24) is 0 Å². The molecule has 21 heavy (non-hydrogen) atoms. The van der Waals surface area contributed by atoms with E-state index in [1.807, 2.05) is 0 Å². The molecular formula is C16H18N2O3. The van der Waals surface area contributed by atoms with Crippen molar-refractivity contribution in [2.24, 2.45) is 5.73 Å². The van der Waals surface area contributed by atoms with Crippen LogP contribution in [0.2, 0.25) is 0 Å². The van der Waals surface area contributed by atoms with Gasteiger partial charge in [-0.25, -0.2) is 4.90 Å². The van der Waals surface area contributed by atoms with E-state index in [9.17, 15) is 9.59 Å². The Morgan fingerprint density at radius 1 is 1.24 bits per heavy atom. The maximum absolute atomic E-state index is 12.2. The van der Waals surface area contributed by atoms with Gasteiger partial charge in [-0.15, -0.1) is 0 Å². The van der Waals surface area contributed by atoms with Gasteiger partial charge in [-0.2, -0.15) is 0 Å². The molecular weight excluding hydrogens is 268 g/mol. The van der Waals surface area contributed by atoms with E-state index < -0.39 is 0 Å². The summed E-state index contributed by atoms with van der Waals surface area (Å²) >= 11 is 0. The lowest BCUT2D eigenvalue weighted by molar-refractivity contribution is -0.125. The maximum atomic E-state index is 12.2. The molecule has 110 valence electrons. The zero-order valence-electron chi connectivity index (χ0n) is 12.0. The normalized spacial score (nSPS) is 15.2. The molecule has 5 nitrogen and oxygen atoms in total. The van der Waals surface area contributed by atoms with Crippen LogP contribution < -0.4 is 15.4 Å². The van der Waals surface area contributed by atoms with Gasteiger partial charge in [-0.3, -0.25) is 9.59 Å². The first-order chi connectivity index (χ1) is 10.2. The Hall–Kier alpha value is -2.32. The van der Waals surface area contributed by atoms with E-state index >= 15 is 0 Å². The number of nitrogens with two attached hydrogens (primary N) is 1. The number of rotatable bonds is 2. The number of anilines is 1. The van der Waals surface area contributed by atoms with Gasteiger partial charge in [0.2, 0.25) is 11.8 Å². The van der Waals surface area contributed by atoms with E-state index in [1.165, 1.54) is 12.0 Å². The van der Waals surface area contributed by atoms with Gasteiger partial charge in [-0.1, -0.05) is 11.8 Å². The topological polar surface area (TPSA) is 72.6 Å². The van der Waals surface area contributed by atoms with Gasteiger partial charge in [0.15, 0.2) is 0 Å². The maximum Gasteiger partial charge on any atom is 0.233 e. The molecule has 2 rings (SSSR count). The summed E-state index contributed by atoms with van der Waals surface area (Å²) in [7, 11) is 1.51. The lowest BCUT2D eigenvalue weighted by atomic mass is 10.1. The Morgan fingerprint density at radius 3 is 2.48 bits per heavy atom. The average molecular weight is 286 g/mol. The second kappa shape index (κ2) is 6.91. The molecule has 5 heteroatoms. The summed E-state index contributed by atoms with van der Waals surface area (Å²) in [6, 6.07) is 5.18. The van der Waals surface area contributed by atoms with Crippen LogP contribution in [0, 0.1) is 11.8 Å². The van der Waals surface area contributed by atoms with Gasteiger partial charge in [-0.05, 0) is 31.0 Å². The number of amides is 2. The summed E-state index contributed by atoms with van der Waals surface area (Å²) in [6.45, 7) is 0.253. The summed E-state index contributed by atoms with van der Waals surface area (Å²) in [5, 5.41) is 0. The van der Waals surface area contributed by atoms with E-state index in [1.54, 1.807) is 18.2 Å². The number of imide groups is 1. The fourth-order valence-corrected chi connectivity index (χ4v) is 2.28. The Balaban J connectivity index is 2.47. The summed E-state index contributed by atoms with van der Waals surface area (Å²) in [6.07, 6.45) is 2.20. The second-order valence-corrected chi connectivity index (χ2v) is 4.72. The monoisotopic (exact) mass is 286 g/mol. The van der Waals surface area contributed by atoms with Crippen molar-refractivity contribution in [3.05, 3.63) is 23.8 Å². The van der Waals surface area contributed by atoms with Gasteiger partial charge in [0.05, 0.1) is 19.3 Å². The van der Waals surface area contributed by atoms with Crippen LogP contribution in [0.25, 0.3) is 0 Å².